The van der Waals surface area contributed by atoms with Crippen molar-refractivity contribution in [1.82, 2.24) is 0 Å². The average molecular weight is 439 g/mol. The number of hydrogen-bond donors (Lipinski definition) is 1. The molecule has 3 rings (SSSR count). The fourth-order valence-corrected chi connectivity index (χ4v) is 4.31. The largest absolute Gasteiger partial charge is 0.326 e. The number of carbonyl (C=O) groups is 1. The van der Waals surface area contributed by atoms with Gasteiger partial charge in [0.25, 0.3) is 11.4 Å². The first-order valence-corrected chi connectivity index (χ1v) is 10.4. The summed E-state index contributed by atoms with van der Waals surface area (Å²) in [4.78, 5) is 33.8. The normalized spacial score (nSPS) is 11.5. The molecule has 3 aromatic rings. The van der Waals surface area contributed by atoms with E-state index >= 15 is 0 Å². The zero-order valence-corrected chi connectivity index (χ0v) is 16.9. The molecule has 1 N–H and O–H groups in total. The molecule has 0 aromatic heterocycles. The molecule has 1 atom stereocenters. The van der Waals surface area contributed by atoms with Crippen LogP contribution >= 0.6 is 0 Å². The maximum Gasteiger partial charge on any atom is 0.281 e. The van der Waals surface area contributed by atoms with Gasteiger partial charge in [-0.2, -0.15) is 0 Å². The molecule has 0 unspecified atom stereocenters. The lowest BCUT2D eigenvalue weighted by Crippen LogP contribution is -2.17. The monoisotopic (exact) mass is 439 g/mol. The van der Waals surface area contributed by atoms with Gasteiger partial charge < -0.3 is 5.32 Å². The van der Waals surface area contributed by atoms with Gasteiger partial charge in [-0.05, 0) is 17.7 Å². The average Bonchev–Trinajstić information content (AvgIpc) is 2.74. The smallest absolute Gasteiger partial charge is 0.281 e. The Morgan fingerprint density at radius 3 is 2.10 bits per heavy atom. The minimum Gasteiger partial charge on any atom is -0.326 e. The Morgan fingerprint density at radius 1 is 0.903 bits per heavy atom. The Morgan fingerprint density at radius 2 is 1.52 bits per heavy atom. The molecule has 0 radical (unpaired) electrons. The highest BCUT2D eigenvalue weighted by Crippen LogP contribution is 2.32. The number of nitrogens with one attached hydrogen (secondary N) is 1. The number of carbonyl (C=O) groups excluding carboxylic acids is 1. The van der Waals surface area contributed by atoms with Crippen LogP contribution in [0.15, 0.2) is 77.7 Å². The molecule has 1 amide bonds. The molecule has 0 spiro atoms. The topological polar surface area (TPSA) is 132 Å². The first-order valence-electron chi connectivity index (χ1n) is 9.08. The van der Waals surface area contributed by atoms with Crippen molar-refractivity contribution in [3.05, 3.63) is 104 Å². The zero-order chi connectivity index (χ0) is 22.4. The third-order valence-corrected chi connectivity index (χ3v) is 5.81. The molecule has 0 aliphatic carbocycles. The quantitative estimate of drug-likeness (QED) is 0.417. The van der Waals surface area contributed by atoms with Gasteiger partial charge >= 0.3 is 0 Å². The van der Waals surface area contributed by atoms with Crippen LogP contribution in [0, 0.1) is 20.2 Å². The Kier molecular flexibility index (Phi) is 6.83. The number of benzene rings is 3. The van der Waals surface area contributed by atoms with Crippen molar-refractivity contribution in [2.75, 3.05) is 5.32 Å². The lowest BCUT2D eigenvalue weighted by atomic mass is 10.1. The minimum absolute atomic E-state index is 0.00747. The van der Waals surface area contributed by atoms with E-state index in [-0.39, 0.29) is 16.2 Å². The summed E-state index contributed by atoms with van der Waals surface area (Å²) in [5.41, 5.74) is -0.110. The zero-order valence-electron chi connectivity index (χ0n) is 16.1. The maximum absolute atomic E-state index is 13.1. The molecular formula is C21H17N3O6S. The van der Waals surface area contributed by atoms with Gasteiger partial charge in [0.2, 0.25) is 5.91 Å². The number of para-hydroxylation sites is 1. The SMILES string of the molecule is O=C(Cc1c([N+](=O)[O-])cc([N+](=O)[O-])cc1[S@@](=O)Cc1ccccc1)Nc1ccccc1. The summed E-state index contributed by atoms with van der Waals surface area (Å²) in [6, 6.07) is 19.0. The molecule has 0 aliphatic heterocycles. The molecule has 3 aromatic carbocycles. The molecule has 31 heavy (non-hydrogen) atoms. The van der Waals surface area contributed by atoms with Crippen LogP contribution in [0.2, 0.25) is 0 Å². The third-order valence-electron chi connectivity index (χ3n) is 4.36. The summed E-state index contributed by atoms with van der Waals surface area (Å²) in [5, 5.41) is 25.5. The Labute approximate surface area is 179 Å². The van der Waals surface area contributed by atoms with E-state index in [4.69, 9.17) is 0 Å². The summed E-state index contributed by atoms with van der Waals surface area (Å²) >= 11 is 0. The molecule has 0 saturated heterocycles. The van der Waals surface area contributed by atoms with Gasteiger partial charge in [-0.3, -0.25) is 29.2 Å². The third kappa shape index (κ3) is 5.58. The van der Waals surface area contributed by atoms with Gasteiger partial charge in [0.15, 0.2) is 0 Å². The summed E-state index contributed by atoms with van der Waals surface area (Å²) in [6.07, 6.45) is -0.459. The molecule has 0 heterocycles. The van der Waals surface area contributed by atoms with E-state index in [0.717, 1.165) is 12.1 Å². The van der Waals surface area contributed by atoms with Gasteiger partial charge in [-0.15, -0.1) is 0 Å². The van der Waals surface area contributed by atoms with Gasteiger partial charge in [-0.1, -0.05) is 48.5 Å². The van der Waals surface area contributed by atoms with Gasteiger partial charge in [0.05, 0.1) is 49.3 Å². The van der Waals surface area contributed by atoms with Crippen LogP contribution in [0.3, 0.4) is 0 Å². The number of nitro groups is 2. The lowest BCUT2D eigenvalue weighted by Gasteiger charge is -2.11. The molecule has 0 saturated carbocycles. The van der Waals surface area contributed by atoms with E-state index in [1.165, 1.54) is 0 Å². The summed E-state index contributed by atoms with van der Waals surface area (Å²) in [7, 11) is -1.85. The second-order valence-corrected chi connectivity index (χ2v) is 7.94. The molecule has 9 nitrogen and oxygen atoms in total. The molecule has 10 heteroatoms. The van der Waals surface area contributed by atoms with Crippen LogP contribution in [0.5, 0.6) is 0 Å². The van der Waals surface area contributed by atoms with Crippen LogP contribution in [0.4, 0.5) is 17.1 Å². The first-order chi connectivity index (χ1) is 14.8. The summed E-state index contributed by atoms with van der Waals surface area (Å²) in [6.45, 7) is 0. The number of amides is 1. The van der Waals surface area contributed by atoms with Gasteiger partial charge in [0, 0.05) is 11.8 Å². The van der Waals surface area contributed by atoms with Crippen molar-refractivity contribution in [3.63, 3.8) is 0 Å². The van der Waals surface area contributed by atoms with E-state index in [1.54, 1.807) is 60.7 Å². The molecule has 0 fully saturated rings. The van der Waals surface area contributed by atoms with E-state index < -0.39 is 44.3 Å². The van der Waals surface area contributed by atoms with Crippen molar-refractivity contribution >= 4 is 33.8 Å². The van der Waals surface area contributed by atoms with Crippen LogP contribution in [0.25, 0.3) is 0 Å². The highest BCUT2D eigenvalue weighted by atomic mass is 32.2. The van der Waals surface area contributed by atoms with Crippen molar-refractivity contribution in [3.8, 4) is 0 Å². The Bertz CT molecular complexity index is 1150. The Hall–Kier alpha value is -3.92. The van der Waals surface area contributed by atoms with E-state index in [2.05, 4.69) is 5.32 Å². The predicted octanol–water partition coefficient (Wildman–Crippen LogP) is 3.99. The molecule has 0 bridgehead atoms. The summed E-state index contributed by atoms with van der Waals surface area (Å²) < 4.78 is 13.1. The number of nitro benzene ring substituents is 2. The number of non-ortho nitro benzene ring substituents is 1. The van der Waals surface area contributed by atoms with E-state index in [1.807, 2.05) is 0 Å². The van der Waals surface area contributed by atoms with Gasteiger partial charge in [0.1, 0.15) is 0 Å². The van der Waals surface area contributed by atoms with Crippen molar-refractivity contribution in [2.45, 2.75) is 17.1 Å². The van der Waals surface area contributed by atoms with Crippen LogP contribution in [-0.2, 0) is 27.8 Å². The van der Waals surface area contributed by atoms with Crippen molar-refractivity contribution in [1.29, 1.82) is 0 Å². The number of hydrogen-bond acceptors (Lipinski definition) is 6. The standard InChI is InChI=1S/C21H17N3O6S/c25-21(22-16-9-5-2-6-10-16)13-18-19(24(28)29)11-17(23(26)27)12-20(18)31(30)14-15-7-3-1-4-8-15/h1-12H,13-14H2,(H,22,25)/t31-/m0/s1. The number of rotatable bonds is 8. The summed E-state index contributed by atoms with van der Waals surface area (Å²) in [5.74, 6) is -0.576. The molecule has 158 valence electrons. The van der Waals surface area contributed by atoms with Crippen molar-refractivity contribution < 1.29 is 18.9 Å². The predicted molar refractivity (Wildman–Crippen MR) is 115 cm³/mol. The number of anilines is 1. The van der Waals surface area contributed by atoms with Crippen LogP contribution in [0.1, 0.15) is 11.1 Å². The molecular weight excluding hydrogens is 422 g/mol. The fourth-order valence-electron chi connectivity index (χ4n) is 2.96. The second kappa shape index (κ2) is 9.72. The van der Waals surface area contributed by atoms with Crippen LogP contribution in [-0.4, -0.2) is 20.0 Å². The van der Waals surface area contributed by atoms with E-state index in [9.17, 15) is 29.2 Å². The van der Waals surface area contributed by atoms with Gasteiger partial charge in [-0.25, -0.2) is 0 Å². The minimum atomic E-state index is -1.85. The highest BCUT2D eigenvalue weighted by Gasteiger charge is 2.28. The van der Waals surface area contributed by atoms with Crippen LogP contribution < -0.4 is 5.32 Å². The van der Waals surface area contributed by atoms with Crippen molar-refractivity contribution in [2.24, 2.45) is 0 Å². The first kappa shape index (κ1) is 21.8. The second-order valence-electron chi connectivity index (χ2n) is 6.52. The fraction of sp³-hybridized carbons (Fsp3) is 0.0952. The number of nitrogens with zero attached hydrogens (tertiary/aromatic N) is 2. The lowest BCUT2D eigenvalue weighted by molar-refractivity contribution is -0.394. The van der Waals surface area contributed by atoms with E-state index in [0.29, 0.717) is 11.3 Å². The Balaban J connectivity index is 2.01. The highest BCUT2D eigenvalue weighted by molar-refractivity contribution is 7.84. The maximum atomic E-state index is 13.1. The molecule has 0 aliphatic rings.